The van der Waals surface area contributed by atoms with Crippen molar-refractivity contribution in [3.63, 3.8) is 0 Å². The Kier molecular flexibility index (Phi) is 3.59. The lowest BCUT2D eigenvalue weighted by molar-refractivity contribution is 0.554. The summed E-state index contributed by atoms with van der Waals surface area (Å²) in [7, 11) is 1.51. The van der Waals surface area contributed by atoms with Crippen LogP contribution in [-0.2, 0) is 0 Å². The Morgan fingerprint density at radius 1 is 1.50 bits per heavy atom. The van der Waals surface area contributed by atoms with E-state index in [4.69, 9.17) is 0 Å². The van der Waals surface area contributed by atoms with Gasteiger partial charge in [0, 0.05) is 0 Å². The van der Waals surface area contributed by atoms with Gasteiger partial charge in [-0.1, -0.05) is 20.3 Å². The third-order valence-electron chi connectivity index (χ3n) is 1.25. The highest BCUT2D eigenvalue weighted by Gasteiger charge is 2.18. The van der Waals surface area contributed by atoms with E-state index < -0.39 is 7.83 Å². The quantitative estimate of drug-likeness (QED) is 0.588. The van der Waals surface area contributed by atoms with Crippen LogP contribution in [0, 0.1) is 0 Å². The van der Waals surface area contributed by atoms with Crippen LogP contribution in [0.4, 0.5) is 0 Å². The van der Waals surface area contributed by atoms with Gasteiger partial charge in [0.1, 0.15) is 0 Å². The van der Waals surface area contributed by atoms with E-state index in [1.54, 1.807) is 0 Å². The van der Waals surface area contributed by atoms with Crippen molar-refractivity contribution in [2.45, 2.75) is 32.4 Å². The molecule has 1 nitrogen and oxygen atoms in total. The number of rotatable bonds is 3. The summed E-state index contributed by atoms with van der Waals surface area (Å²) in [6.07, 6.45) is 1.08. The Balaban J connectivity index is 3.37. The average molecular weight is 145 g/mol. The molecule has 0 aromatic heterocycles. The topological polar surface area (TPSA) is 20.2 Å². The SMILES string of the molecule is CCC[Si](O)([Si])CC. The van der Waals surface area contributed by atoms with Crippen molar-refractivity contribution in [3.8, 4) is 0 Å². The van der Waals surface area contributed by atoms with Crippen molar-refractivity contribution in [2.75, 3.05) is 0 Å². The Hall–Kier alpha value is 0.394. The predicted octanol–water partition coefficient (Wildman–Crippen LogP) is 1.02. The maximum absolute atomic E-state index is 9.38. The van der Waals surface area contributed by atoms with E-state index in [0.717, 1.165) is 18.5 Å². The van der Waals surface area contributed by atoms with Gasteiger partial charge in [0.15, 0.2) is 7.83 Å². The van der Waals surface area contributed by atoms with E-state index in [9.17, 15) is 4.80 Å². The Morgan fingerprint density at radius 3 is 2.12 bits per heavy atom. The molecule has 0 aliphatic rings. The Bertz CT molecular complexity index is 63.4. The van der Waals surface area contributed by atoms with E-state index in [1.807, 2.05) is 6.92 Å². The Morgan fingerprint density at radius 2 is 2.00 bits per heavy atom. The molecular weight excluding hydrogens is 132 g/mol. The molecule has 47 valence electrons. The first-order chi connectivity index (χ1) is 3.62. The summed E-state index contributed by atoms with van der Waals surface area (Å²) in [4.78, 5) is 9.38. The van der Waals surface area contributed by atoms with Gasteiger partial charge in [0.2, 0.25) is 0 Å². The first-order valence-electron chi connectivity index (χ1n) is 3.09. The van der Waals surface area contributed by atoms with Crippen molar-refractivity contribution in [1.82, 2.24) is 0 Å². The highest BCUT2D eigenvalue weighted by Crippen LogP contribution is 2.07. The summed E-state index contributed by atoms with van der Waals surface area (Å²) in [5.41, 5.74) is 0. The molecule has 3 radical (unpaired) electrons. The molecule has 0 rings (SSSR count). The van der Waals surface area contributed by atoms with Crippen molar-refractivity contribution in [1.29, 1.82) is 0 Å². The third-order valence-corrected chi connectivity index (χ3v) is 5.56. The van der Waals surface area contributed by atoms with Gasteiger partial charge in [-0.3, -0.25) is 0 Å². The molecule has 0 fully saturated rings. The summed E-state index contributed by atoms with van der Waals surface area (Å²) >= 11 is 0. The lowest BCUT2D eigenvalue weighted by Gasteiger charge is -2.15. The predicted molar refractivity (Wildman–Crippen MR) is 39.3 cm³/mol. The van der Waals surface area contributed by atoms with Crippen LogP contribution in [-0.4, -0.2) is 22.4 Å². The summed E-state index contributed by atoms with van der Waals surface area (Å²) in [5, 5.41) is 0. The van der Waals surface area contributed by atoms with Gasteiger partial charge in [0.25, 0.3) is 0 Å². The zero-order valence-electron chi connectivity index (χ0n) is 5.57. The van der Waals surface area contributed by atoms with Crippen LogP contribution in [0.5, 0.6) is 0 Å². The minimum absolute atomic E-state index is 0.914. The minimum Gasteiger partial charge on any atom is -0.435 e. The number of hydrogen-bond donors (Lipinski definition) is 1. The second-order valence-corrected chi connectivity index (χ2v) is 8.20. The summed E-state index contributed by atoms with van der Waals surface area (Å²) in [6.45, 7) is 4.11. The molecular formula is C5H13OSi2. The Labute approximate surface area is 55.5 Å². The summed E-state index contributed by atoms with van der Waals surface area (Å²) in [6, 6.07) is 1.89. The maximum Gasteiger partial charge on any atom is 0.166 e. The lowest BCUT2D eigenvalue weighted by Crippen LogP contribution is -2.33. The van der Waals surface area contributed by atoms with Crippen molar-refractivity contribution < 1.29 is 4.80 Å². The van der Waals surface area contributed by atoms with Crippen LogP contribution in [0.1, 0.15) is 20.3 Å². The monoisotopic (exact) mass is 145 g/mol. The molecule has 0 aliphatic heterocycles. The smallest absolute Gasteiger partial charge is 0.166 e. The van der Waals surface area contributed by atoms with Gasteiger partial charge in [-0.25, -0.2) is 0 Å². The lowest BCUT2D eigenvalue weighted by atomic mass is 10.6. The molecule has 0 aromatic rings. The standard InChI is InChI=1S/C5H13OSi2/c1-3-5-8(6,7)4-2/h6H,3-5H2,1-2H3. The molecule has 1 unspecified atom stereocenters. The minimum atomic E-state index is -1.87. The van der Waals surface area contributed by atoms with Crippen LogP contribution in [0.3, 0.4) is 0 Å². The summed E-state index contributed by atoms with van der Waals surface area (Å²) < 4.78 is 0. The second kappa shape index (κ2) is 3.43. The molecule has 8 heavy (non-hydrogen) atoms. The zero-order chi connectivity index (χ0) is 6.62. The average Bonchev–Trinajstić information content (AvgIpc) is 1.67. The summed E-state index contributed by atoms with van der Waals surface area (Å²) in [5.74, 6) is 0. The molecule has 0 heterocycles. The molecule has 0 aromatic carbocycles. The fourth-order valence-corrected chi connectivity index (χ4v) is 2.52. The number of hydrogen-bond acceptors (Lipinski definition) is 1. The van der Waals surface area contributed by atoms with Gasteiger partial charge in [-0.2, -0.15) is 0 Å². The van der Waals surface area contributed by atoms with Crippen LogP contribution in [0.2, 0.25) is 12.1 Å². The van der Waals surface area contributed by atoms with E-state index in [1.165, 1.54) is 0 Å². The zero-order valence-corrected chi connectivity index (χ0v) is 7.57. The molecule has 0 saturated carbocycles. The molecule has 0 amide bonds. The highest BCUT2D eigenvalue weighted by atomic mass is 29.2. The van der Waals surface area contributed by atoms with Gasteiger partial charge in [-0.15, -0.1) is 0 Å². The maximum atomic E-state index is 9.38. The van der Waals surface area contributed by atoms with Gasteiger partial charge in [0.05, 0.1) is 9.76 Å². The second-order valence-electron chi connectivity index (χ2n) is 2.14. The van der Waals surface area contributed by atoms with E-state index >= 15 is 0 Å². The molecule has 0 spiro atoms. The largest absolute Gasteiger partial charge is 0.435 e. The van der Waals surface area contributed by atoms with Crippen LogP contribution in [0.25, 0.3) is 0 Å². The normalized spacial score (nSPS) is 18.0. The highest BCUT2D eigenvalue weighted by molar-refractivity contribution is 7.12. The van der Waals surface area contributed by atoms with Gasteiger partial charge >= 0.3 is 0 Å². The molecule has 0 saturated heterocycles. The van der Waals surface area contributed by atoms with Crippen molar-refractivity contribution in [3.05, 3.63) is 0 Å². The van der Waals surface area contributed by atoms with E-state index in [-0.39, 0.29) is 0 Å². The van der Waals surface area contributed by atoms with Crippen molar-refractivity contribution >= 4 is 17.6 Å². The third kappa shape index (κ3) is 3.40. The fourth-order valence-electron chi connectivity index (χ4n) is 0.590. The fraction of sp³-hybridized carbons (Fsp3) is 1.00. The molecule has 0 bridgehead atoms. The van der Waals surface area contributed by atoms with E-state index in [2.05, 4.69) is 16.7 Å². The molecule has 1 N–H and O–H groups in total. The van der Waals surface area contributed by atoms with Crippen LogP contribution >= 0.6 is 0 Å². The molecule has 1 atom stereocenters. The first-order valence-corrected chi connectivity index (χ1v) is 6.96. The van der Waals surface area contributed by atoms with Gasteiger partial charge in [-0.05, 0) is 12.1 Å². The van der Waals surface area contributed by atoms with Gasteiger partial charge < -0.3 is 4.80 Å². The van der Waals surface area contributed by atoms with Crippen LogP contribution in [0.15, 0.2) is 0 Å². The molecule has 0 aliphatic carbocycles. The van der Waals surface area contributed by atoms with E-state index in [0.29, 0.717) is 0 Å². The van der Waals surface area contributed by atoms with Crippen LogP contribution < -0.4 is 0 Å². The molecule has 3 heteroatoms. The first kappa shape index (κ1) is 8.39. The van der Waals surface area contributed by atoms with Crippen molar-refractivity contribution in [2.24, 2.45) is 0 Å².